The topological polar surface area (TPSA) is 38.9 Å². The maximum absolute atomic E-state index is 13.3. The number of pyridine rings is 1. The molecule has 1 heterocycles. The third-order valence-electron chi connectivity index (χ3n) is 3.43. The van der Waals surface area contributed by atoms with E-state index in [1.807, 2.05) is 31.2 Å². The van der Waals surface area contributed by atoms with E-state index in [1.54, 1.807) is 6.07 Å². The number of aromatic nitrogens is 1. The molecule has 0 amide bonds. The van der Waals surface area contributed by atoms with Gasteiger partial charge in [-0.3, -0.25) is 4.98 Å². The Bertz CT molecular complexity index is 781. The summed E-state index contributed by atoms with van der Waals surface area (Å²) >= 11 is 0. The standard InChI is InChI=1S/C17H15FN2/c1-11-2-3-13-8-12(4-7-17(13)20-11)16-6-5-15(18)9-14(16)10-19/h2-9H,10,19H2,1H3. The highest BCUT2D eigenvalue weighted by Crippen LogP contribution is 2.27. The second kappa shape index (κ2) is 5.02. The molecule has 0 unspecified atom stereocenters. The largest absolute Gasteiger partial charge is 0.326 e. The average Bonchev–Trinajstić information content (AvgIpc) is 2.46. The van der Waals surface area contributed by atoms with Crippen LogP contribution in [0.2, 0.25) is 0 Å². The zero-order valence-electron chi connectivity index (χ0n) is 11.2. The Kier molecular flexibility index (Phi) is 3.20. The van der Waals surface area contributed by atoms with Crippen molar-refractivity contribution in [2.24, 2.45) is 5.73 Å². The van der Waals surface area contributed by atoms with Gasteiger partial charge in [-0.15, -0.1) is 0 Å². The van der Waals surface area contributed by atoms with Crippen molar-refractivity contribution in [1.82, 2.24) is 4.98 Å². The maximum atomic E-state index is 13.3. The van der Waals surface area contributed by atoms with Crippen molar-refractivity contribution in [3.63, 3.8) is 0 Å². The molecule has 0 aliphatic heterocycles. The first-order valence-electron chi connectivity index (χ1n) is 6.53. The number of rotatable bonds is 2. The number of fused-ring (bicyclic) bond motifs is 1. The van der Waals surface area contributed by atoms with Gasteiger partial charge in [-0.05, 0) is 53.9 Å². The number of halogens is 1. The number of hydrogen-bond donors (Lipinski definition) is 1. The van der Waals surface area contributed by atoms with Crippen LogP contribution in [-0.4, -0.2) is 4.98 Å². The zero-order valence-corrected chi connectivity index (χ0v) is 11.2. The number of nitrogens with two attached hydrogens (primary N) is 1. The van der Waals surface area contributed by atoms with Gasteiger partial charge in [0.25, 0.3) is 0 Å². The van der Waals surface area contributed by atoms with Gasteiger partial charge >= 0.3 is 0 Å². The van der Waals surface area contributed by atoms with Gasteiger partial charge in [0.2, 0.25) is 0 Å². The molecule has 20 heavy (non-hydrogen) atoms. The third-order valence-corrected chi connectivity index (χ3v) is 3.43. The van der Waals surface area contributed by atoms with Gasteiger partial charge < -0.3 is 5.73 Å². The van der Waals surface area contributed by atoms with E-state index in [1.165, 1.54) is 12.1 Å². The van der Waals surface area contributed by atoms with Gasteiger partial charge in [0, 0.05) is 17.6 Å². The predicted molar refractivity (Wildman–Crippen MR) is 79.8 cm³/mol. The molecule has 3 aromatic rings. The van der Waals surface area contributed by atoms with Crippen molar-refractivity contribution in [2.45, 2.75) is 13.5 Å². The highest BCUT2D eigenvalue weighted by molar-refractivity contribution is 5.85. The van der Waals surface area contributed by atoms with E-state index < -0.39 is 0 Å². The van der Waals surface area contributed by atoms with Crippen LogP contribution < -0.4 is 5.73 Å². The Morgan fingerprint density at radius 3 is 2.70 bits per heavy atom. The normalized spacial score (nSPS) is 10.9. The van der Waals surface area contributed by atoms with Gasteiger partial charge in [0.15, 0.2) is 0 Å². The number of nitrogens with zero attached hydrogens (tertiary/aromatic N) is 1. The van der Waals surface area contributed by atoms with Gasteiger partial charge in [0.1, 0.15) is 5.82 Å². The van der Waals surface area contributed by atoms with Gasteiger partial charge in [0.05, 0.1) is 5.52 Å². The Morgan fingerprint density at radius 2 is 1.90 bits per heavy atom. The summed E-state index contributed by atoms with van der Waals surface area (Å²) in [7, 11) is 0. The minimum absolute atomic E-state index is 0.257. The SMILES string of the molecule is Cc1ccc2cc(-c3ccc(F)cc3CN)ccc2n1. The van der Waals surface area contributed by atoms with Gasteiger partial charge in [-0.2, -0.15) is 0 Å². The molecule has 0 bridgehead atoms. The molecule has 1 aromatic heterocycles. The highest BCUT2D eigenvalue weighted by atomic mass is 19.1. The first-order valence-corrected chi connectivity index (χ1v) is 6.53. The van der Waals surface area contributed by atoms with E-state index in [9.17, 15) is 4.39 Å². The molecule has 2 nitrogen and oxygen atoms in total. The second-order valence-corrected chi connectivity index (χ2v) is 4.87. The van der Waals surface area contributed by atoms with E-state index in [-0.39, 0.29) is 5.82 Å². The Hall–Kier alpha value is -2.26. The quantitative estimate of drug-likeness (QED) is 0.766. The molecule has 2 aromatic carbocycles. The lowest BCUT2D eigenvalue weighted by molar-refractivity contribution is 0.625. The summed E-state index contributed by atoms with van der Waals surface area (Å²) in [5, 5.41) is 1.07. The first-order chi connectivity index (χ1) is 9.67. The van der Waals surface area contributed by atoms with E-state index in [0.717, 1.165) is 33.3 Å². The van der Waals surface area contributed by atoms with Crippen LogP contribution in [-0.2, 0) is 6.54 Å². The first kappa shape index (κ1) is 12.8. The van der Waals surface area contributed by atoms with Crippen LogP contribution >= 0.6 is 0 Å². The molecule has 0 aliphatic rings. The lowest BCUT2D eigenvalue weighted by Gasteiger charge is -2.09. The average molecular weight is 266 g/mol. The fourth-order valence-corrected chi connectivity index (χ4v) is 2.41. The molecule has 3 rings (SSSR count). The molecule has 0 spiro atoms. The minimum atomic E-state index is -0.257. The number of hydrogen-bond acceptors (Lipinski definition) is 2. The predicted octanol–water partition coefficient (Wildman–Crippen LogP) is 3.81. The van der Waals surface area contributed by atoms with E-state index in [2.05, 4.69) is 11.1 Å². The van der Waals surface area contributed by atoms with Gasteiger partial charge in [-0.1, -0.05) is 18.2 Å². The molecule has 0 saturated carbocycles. The third kappa shape index (κ3) is 2.28. The van der Waals surface area contributed by atoms with Crippen LogP contribution in [0.5, 0.6) is 0 Å². The number of benzene rings is 2. The van der Waals surface area contributed by atoms with E-state index in [0.29, 0.717) is 6.54 Å². The fraction of sp³-hybridized carbons (Fsp3) is 0.118. The van der Waals surface area contributed by atoms with E-state index in [4.69, 9.17) is 5.73 Å². The lowest BCUT2D eigenvalue weighted by Crippen LogP contribution is -1.99. The molecule has 100 valence electrons. The molecule has 2 N–H and O–H groups in total. The summed E-state index contributed by atoms with van der Waals surface area (Å²) in [6, 6.07) is 14.8. The molecule has 0 atom stereocenters. The second-order valence-electron chi connectivity index (χ2n) is 4.87. The van der Waals surface area contributed by atoms with Crippen LogP contribution in [0.4, 0.5) is 4.39 Å². The summed E-state index contributed by atoms with van der Waals surface area (Å²) in [4.78, 5) is 4.48. The summed E-state index contributed by atoms with van der Waals surface area (Å²) in [6.07, 6.45) is 0. The molecule has 0 aliphatic carbocycles. The van der Waals surface area contributed by atoms with Crippen molar-refractivity contribution in [3.8, 4) is 11.1 Å². The van der Waals surface area contributed by atoms with Crippen molar-refractivity contribution in [3.05, 3.63) is 65.6 Å². The van der Waals surface area contributed by atoms with Crippen LogP contribution in [0.15, 0.2) is 48.5 Å². The Balaban J connectivity index is 2.17. The van der Waals surface area contributed by atoms with E-state index >= 15 is 0 Å². The molecule has 3 heteroatoms. The van der Waals surface area contributed by atoms with Crippen molar-refractivity contribution in [2.75, 3.05) is 0 Å². The molecule has 0 fully saturated rings. The lowest BCUT2D eigenvalue weighted by atomic mass is 9.98. The maximum Gasteiger partial charge on any atom is 0.123 e. The zero-order chi connectivity index (χ0) is 14.1. The number of aryl methyl sites for hydroxylation is 1. The van der Waals surface area contributed by atoms with Crippen LogP contribution in [0.3, 0.4) is 0 Å². The summed E-state index contributed by atoms with van der Waals surface area (Å²) < 4.78 is 13.3. The summed E-state index contributed by atoms with van der Waals surface area (Å²) in [5.41, 5.74) is 10.5. The van der Waals surface area contributed by atoms with Crippen molar-refractivity contribution < 1.29 is 4.39 Å². The van der Waals surface area contributed by atoms with Crippen molar-refractivity contribution in [1.29, 1.82) is 0 Å². The summed E-state index contributed by atoms with van der Waals surface area (Å²) in [6.45, 7) is 2.29. The van der Waals surface area contributed by atoms with Crippen LogP contribution in [0.1, 0.15) is 11.3 Å². The molecular weight excluding hydrogens is 251 g/mol. The Labute approximate surface area is 117 Å². The Morgan fingerprint density at radius 1 is 1.05 bits per heavy atom. The van der Waals surface area contributed by atoms with Crippen molar-refractivity contribution >= 4 is 10.9 Å². The molecule has 0 radical (unpaired) electrons. The summed E-state index contributed by atoms with van der Waals surface area (Å²) in [5.74, 6) is -0.257. The monoisotopic (exact) mass is 266 g/mol. The highest BCUT2D eigenvalue weighted by Gasteiger charge is 2.06. The molecular formula is C17H15FN2. The van der Waals surface area contributed by atoms with Crippen LogP contribution in [0, 0.1) is 12.7 Å². The van der Waals surface area contributed by atoms with Gasteiger partial charge in [-0.25, -0.2) is 4.39 Å². The smallest absolute Gasteiger partial charge is 0.123 e. The van der Waals surface area contributed by atoms with Crippen LogP contribution in [0.25, 0.3) is 22.0 Å². The molecule has 0 saturated heterocycles. The minimum Gasteiger partial charge on any atom is -0.326 e. The fourth-order valence-electron chi connectivity index (χ4n) is 2.41.